The maximum atomic E-state index is 13.3. The van der Waals surface area contributed by atoms with Crippen LogP contribution in [0.15, 0.2) is 63.1 Å². The number of anilines is 1. The van der Waals surface area contributed by atoms with Gasteiger partial charge in [-0.2, -0.15) is 8.42 Å². The van der Waals surface area contributed by atoms with Crippen LogP contribution < -0.4 is 5.32 Å². The highest BCUT2D eigenvalue weighted by Gasteiger charge is 2.30. The Hall–Kier alpha value is -2.23. The van der Waals surface area contributed by atoms with E-state index in [2.05, 4.69) is 25.6 Å². The number of likely N-dealkylation sites (N-methyl/N-ethyl adjacent to an activating group) is 1. The highest BCUT2D eigenvalue weighted by Crippen LogP contribution is 2.23. The first-order valence-electron chi connectivity index (χ1n) is 7.50. The standard InChI is InChI=1S/C17H12BrClFN3O3S/c1-23-16(17(24)21-12-6-7-14(20)13(19)8-12)9-15(22-27(23,25)26)10-2-4-11(18)5-3-10/h2-9H,1H3,(H,21,24). The molecule has 0 saturated heterocycles. The van der Waals surface area contributed by atoms with Gasteiger partial charge in [-0.05, 0) is 36.4 Å². The molecule has 0 fully saturated rings. The van der Waals surface area contributed by atoms with Gasteiger partial charge < -0.3 is 5.32 Å². The lowest BCUT2D eigenvalue weighted by Crippen LogP contribution is -2.35. The zero-order chi connectivity index (χ0) is 19.8. The Morgan fingerprint density at radius 3 is 2.52 bits per heavy atom. The number of rotatable bonds is 3. The van der Waals surface area contributed by atoms with Crippen molar-refractivity contribution in [2.45, 2.75) is 0 Å². The number of nitrogens with one attached hydrogen (secondary N) is 1. The second kappa shape index (κ2) is 7.41. The van der Waals surface area contributed by atoms with E-state index in [1.807, 2.05) is 0 Å². The van der Waals surface area contributed by atoms with E-state index in [9.17, 15) is 17.6 Å². The van der Waals surface area contributed by atoms with Gasteiger partial charge in [0.15, 0.2) is 0 Å². The van der Waals surface area contributed by atoms with Crippen LogP contribution in [0.5, 0.6) is 0 Å². The van der Waals surface area contributed by atoms with E-state index in [4.69, 9.17) is 11.6 Å². The number of allylic oxidation sites excluding steroid dienone is 1. The predicted octanol–water partition coefficient (Wildman–Crippen LogP) is 3.74. The fourth-order valence-electron chi connectivity index (χ4n) is 2.29. The van der Waals surface area contributed by atoms with Crippen molar-refractivity contribution in [1.82, 2.24) is 4.31 Å². The van der Waals surface area contributed by atoms with Gasteiger partial charge in [0.2, 0.25) is 0 Å². The zero-order valence-electron chi connectivity index (χ0n) is 13.8. The molecule has 0 unspecified atom stereocenters. The van der Waals surface area contributed by atoms with Crippen molar-refractivity contribution in [2.24, 2.45) is 4.40 Å². The molecule has 0 aliphatic carbocycles. The Bertz CT molecular complexity index is 1090. The molecule has 0 bridgehead atoms. The molecule has 6 nitrogen and oxygen atoms in total. The minimum atomic E-state index is -4.08. The quantitative estimate of drug-likeness (QED) is 0.739. The average Bonchev–Trinajstić information content (AvgIpc) is 2.61. The third-order valence-electron chi connectivity index (χ3n) is 3.72. The number of hydrogen-bond acceptors (Lipinski definition) is 3. The summed E-state index contributed by atoms with van der Waals surface area (Å²) in [6.45, 7) is 0. The summed E-state index contributed by atoms with van der Waals surface area (Å²) in [5, 5.41) is 2.34. The van der Waals surface area contributed by atoms with Gasteiger partial charge in [-0.3, -0.25) is 4.79 Å². The Balaban J connectivity index is 1.96. The minimum Gasteiger partial charge on any atom is -0.321 e. The van der Waals surface area contributed by atoms with Gasteiger partial charge >= 0.3 is 10.2 Å². The van der Waals surface area contributed by atoms with E-state index in [0.717, 1.165) is 14.8 Å². The van der Waals surface area contributed by atoms with Crippen molar-refractivity contribution in [1.29, 1.82) is 0 Å². The summed E-state index contributed by atoms with van der Waals surface area (Å²) in [7, 11) is -2.85. The van der Waals surface area contributed by atoms with E-state index in [0.29, 0.717) is 5.56 Å². The van der Waals surface area contributed by atoms with E-state index in [-0.39, 0.29) is 22.1 Å². The molecule has 0 spiro atoms. The molecular weight excluding hydrogens is 461 g/mol. The second-order valence-corrected chi connectivity index (χ2v) is 8.49. The van der Waals surface area contributed by atoms with Crippen LogP contribution in [0.25, 0.3) is 0 Å². The topological polar surface area (TPSA) is 78.8 Å². The molecule has 3 rings (SSSR count). The average molecular weight is 473 g/mol. The van der Waals surface area contributed by atoms with Crippen molar-refractivity contribution in [3.8, 4) is 0 Å². The van der Waals surface area contributed by atoms with E-state index < -0.39 is 21.9 Å². The van der Waals surface area contributed by atoms with Crippen molar-refractivity contribution in [3.63, 3.8) is 0 Å². The summed E-state index contributed by atoms with van der Waals surface area (Å²) < 4.78 is 43.3. The molecule has 0 saturated carbocycles. The number of carbonyl (C=O) groups excluding carboxylic acids is 1. The first-order chi connectivity index (χ1) is 12.7. The lowest BCUT2D eigenvalue weighted by molar-refractivity contribution is -0.113. The van der Waals surface area contributed by atoms with Crippen LogP contribution >= 0.6 is 27.5 Å². The van der Waals surface area contributed by atoms with Crippen molar-refractivity contribution in [3.05, 3.63) is 75.1 Å². The molecule has 1 N–H and O–H groups in total. The number of nitrogens with zero attached hydrogens (tertiary/aromatic N) is 2. The Morgan fingerprint density at radius 2 is 1.89 bits per heavy atom. The van der Waals surface area contributed by atoms with Crippen LogP contribution in [-0.2, 0) is 15.0 Å². The van der Waals surface area contributed by atoms with Gasteiger partial charge in [-0.25, -0.2) is 8.70 Å². The number of amides is 1. The molecule has 2 aromatic rings. The van der Waals surface area contributed by atoms with Crippen LogP contribution in [0.1, 0.15) is 5.56 Å². The third-order valence-corrected chi connectivity index (χ3v) is 5.86. The molecule has 27 heavy (non-hydrogen) atoms. The summed E-state index contributed by atoms with van der Waals surface area (Å²) in [4.78, 5) is 12.6. The summed E-state index contributed by atoms with van der Waals surface area (Å²) in [5.74, 6) is -1.33. The van der Waals surface area contributed by atoms with Crippen LogP contribution in [0.4, 0.5) is 10.1 Å². The van der Waals surface area contributed by atoms with Gasteiger partial charge in [0, 0.05) is 22.8 Å². The summed E-state index contributed by atoms with van der Waals surface area (Å²) in [5.41, 5.74) is 0.752. The van der Waals surface area contributed by atoms with Gasteiger partial charge in [0.05, 0.1) is 10.7 Å². The maximum absolute atomic E-state index is 13.3. The largest absolute Gasteiger partial charge is 0.345 e. The van der Waals surface area contributed by atoms with Gasteiger partial charge in [0.1, 0.15) is 11.5 Å². The van der Waals surface area contributed by atoms with Crippen molar-refractivity contribution in [2.75, 3.05) is 12.4 Å². The van der Waals surface area contributed by atoms with Gasteiger partial charge in [-0.1, -0.05) is 39.7 Å². The fourth-order valence-corrected chi connectivity index (χ4v) is 3.65. The molecule has 0 aromatic heterocycles. The predicted molar refractivity (Wildman–Crippen MR) is 105 cm³/mol. The Kier molecular flexibility index (Phi) is 5.36. The summed E-state index contributed by atoms with van der Waals surface area (Å²) >= 11 is 9.00. The molecule has 0 radical (unpaired) electrons. The van der Waals surface area contributed by atoms with E-state index in [1.54, 1.807) is 24.3 Å². The molecule has 1 amide bonds. The maximum Gasteiger partial charge on any atom is 0.345 e. The normalized spacial score (nSPS) is 15.8. The molecule has 0 atom stereocenters. The van der Waals surface area contributed by atoms with E-state index >= 15 is 0 Å². The molecule has 10 heteroatoms. The summed E-state index contributed by atoms with van der Waals surface area (Å²) in [6.07, 6.45) is 1.37. The molecule has 140 valence electrons. The van der Waals surface area contributed by atoms with Crippen molar-refractivity contribution < 1.29 is 17.6 Å². The Morgan fingerprint density at radius 1 is 1.22 bits per heavy atom. The van der Waals surface area contributed by atoms with Crippen LogP contribution in [0.2, 0.25) is 5.02 Å². The number of halogens is 3. The number of hydrogen-bond donors (Lipinski definition) is 1. The highest BCUT2D eigenvalue weighted by molar-refractivity contribution is 9.10. The molecular formula is C17H12BrClFN3O3S. The smallest absolute Gasteiger partial charge is 0.321 e. The minimum absolute atomic E-state index is 0.128. The van der Waals surface area contributed by atoms with Crippen LogP contribution in [0, 0.1) is 5.82 Å². The second-order valence-electron chi connectivity index (χ2n) is 5.54. The summed E-state index contributed by atoms with van der Waals surface area (Å²) in [6, 6.07) is 10.5. The lowest BCUT2D eigenvalue weighted by Gasteiger charge is -2.23. The SMILES string of the molecule is CN1C(C(=O)Nc2ccc(F)c(Cl)c2)=CC(c2ccc(Br)cc2)=NS1(=O)=O. The lowest BCUT2D eigenvalue weighted by atomic mass is 10.1. The first kappa shape index (κ1) is 19.5. The molecule has 1 aliphatic rings. The van der Waals surface area contributed by atoms with Gasteiger partial charge in [0.25, 0.3) is 5.91 Å². The molecule has 1 heterocycles. The fraction of sp³-hybridized carbons (Fsp3) is 0.0588. The molecule has 2 aromatic carbocycles. The van der Waals surface area contributed by atoms with E-state index in [1.165, 1.54) is 25.3 Å². The zero-order valence-corrected chi connectivity index (χ0v) is 16.9. The van der Waals surface area contributed by atoms with Gasteiger partial charge in [-0.15, -0.1) is 4.40 Å². The molecule has 1 aliphatic heterocycles. The first-order valence-corrected chi connectivity index (χ1v) is 10.1. The van der Waals surface area contributed by atoms with Crippen molar-refractivity contribution >= 4 is 55.0 Å². The number of carbonyl (C=O) groups is 1. The monoisotopic (exact) mass is 471 g/mol. The Labute approximate surface area is 168 Å². The van der Waals surface area contributed by atoms with Crippen LogP contribution in [0.3, 0.4) is 0 Å². The number of benzene rings is 2. The highest BCUT2D eigenvalue weighted by atomic mass is 79.9. The third kappa shape index (κ3) is 4.20. The van der Waals surface area contributed by atoms with Crippen LogP contribution in [-0.4, -0.2) is 31.4 Å².